The number of pyridine rings is 1. The van der Waals surface area contributed by atoms with E-state index in [0.29, 0.717) is 11.0 Å². The van der Waals surface area contributed by atoms with Gasteiger partial charge < -0.3 is 11.1 Å². The average molecular weight is 283 g/mol. The highest BCUT2D eigenvalue weighted by Crippen LogP contribution is 2.21. The van der Waals surface area contributed by atoms with E-state index in [1.54, 1.807) is 0 Å². The zero-order valence-electron chi connectivity index (χ0n) is 11.4. The molecule has 1 heterocycles. The molecule has 0 bridgehead atoms. The van der Waals surface area contributed by atoms with Crippen molar-refractivity contribution in [3.05, 3.63) is 23.0 Å². The Balaban J connectivity index is 2.96. The first-order valence-electron chi connectivity index (χ1n) is 6.08. The van der Waals surface area contributed by atoms with E-state index in [1.807, 2.05) is 31.7 Å². The second-order valence-electron chi connectivity index (χ2n) is 4.34. The SMILES string of the molecule is CCSCC(C)Nc1cc(C)nc(C)c1C(N)=S. The minimum atomic E-state index is 0.379. The van der Waals surface area contributed by atoms with Gasteiger partial charge in [0.05, 0.1) is 5.56 Å². The Morgan fingerprint density at radius 2 is 2.22 bits per heavy atom. The molecule has 0 aliphatic carbocycles. The molecule has 3 N–H and O–H groups in total. The number of hydrogen-bond acceptors (Lipinski definition) is 4. The second-order valence-corrected chi connectivity index (χ2v) is 6.10. The smallest absolute Gasteiger partial charge is 0.107 e. The van der Waals surface area contributed by atoms with Crippen molar-refractivity contribution in [3.8, 4) is 0 Å². The van der Waals surface area contributed by atoms with Crippen molar-refractivity contribution >= 4 is 34.7 Å². The van der Waals surface area contributed by atoms with Crippen molar-refractivity contribution < 1.29 is 0 Å². The van der Waals surface area contributed by atoms with E-state index in [2.05, 4.69) is 24.1 Å². The number of thioether (sulfide) groups is 1. The van der Waals surface area contributed by atoms with Gasteiger partial charge in [0.2, 0.25) is 0 Å². The molecule has 1 rings (SSSR count). The second kappa shape index (κ2) is 6.95. The Morgan fingerprint density at radius 3 is 2.78 bits per heavy atom. The van der Waals surface area contributed by atoms with Gasteiger partial charge in [-0.15, -0.1) is 0 Å². The van der Waals surface area contributed by atoms with E-state index in [-0.39, 0.29) is 0 Å². The monoisotopic (exact) mass is 283 g/mol. The molecule has 0 aliphatic rings. The fourth-order valence-corrected chi connectivity index (χ4v) is 2.79. The zero-order chi connectivity index (χ0) is 13.7. The van der Waals surface area contributed by atoms with Gasteiger partial charge in [0.1, 0.15) is 4.99 Å². The standard InChI is InChI=1S/C13H21N3S2/c1-5-18-7-9(3)16-11-6-8(2)15-10(4)12(11)13(14)17/h6,9H,5,7H2,1-4H3,(H2,14,17)(H,15,16). The molecule has 1 unspecified atom stereocenters. The molecule has 5 heteroatoms. The minimum absolute atomic E-state index is 0.379. The lowest BCUT2D eigenvalue weighted by molar-refractivity contribution is 0.909. The summed E-state index contributed by atoms with van der Waals surface area (Å²) in [6.07, 6.45) is 0. The average Bonchev–Trinajstić information content (AvgIpc) is 2.24. The predicted molar refractivity (Wildman–Crippen MR) is 85.7 cm³/mol. The number of rotatable bonds is 6. The van der Waals surface area contributed by atoms with Crippen molar-refractivity contribution in [3.63, 3.8) is 0 Å². The Kier molecular flexibility index (Phi) is 5.88. The number of anilines is 1. The van der Waals surface area contributed by atoms with E-state index in [1.165, 1.54) is 0 Å². The van der Waals surface area contributed by atoms with Crippen molar-refractivity contribution in [2.75, 3.05) is 16.8 Å². The molecule has 1 aromatic rings. The maximum absolute atomic E-state index is 5.79. The van der Waals surface area contributed by atoms with Crippen LogP contribution in [-0.4, -0.2) is 27.5 Å². The first kappa shape index (κ1) is 15.2. The normalized spacial score (nSPS) is 12.2. The third kappa shape index (κ3) is 4.14. The summed E-state index contributed by atoms with van der Waals surface area (Å²) in [6, 6.07) is 2.39. The number of nitrogens with one attached hydrogen (secondary N) is 1. The van der Waals surface area contributed by atoms with E-state index in [0.717, 1.165) is 34.1 Å². The molecule has 1 aromatic heterocycles. The van der Waals surface area contributed by atoms with Crippen LogP contribution in [0.5, 0.6) is 0 Å². The molecule has 0 amide bonds. The molecule has 0 spiro atoms. The first-order valence-corrected chi connectivity index (χ1v) is 7.64. The highest BCUT2D eigenvalue weighted by molar-refractivity contribution is 7.99. The largest absolute Gasteiger partial charge is 0.389 e. The summed E-state index contributed by atoms with van der Waals surface area (Å²) in [6.45, 7) is 8.25. The van der Waals surface area contributed by atoms with Gasteiger partial charge >= 0.3 is 0 Å². The quantitative estimate of drug-likeness (QED) is 0.786. The van der Waals surface area contributed by atoms with Crippen LogP contribution in [0.25, 0.3) is 0 Å². The Labute approximate surface area is 119 Å². The maximum Gasteiger partial charge on any atom is 0.107 e. The van der Waals surface area contributed by atoms with Crippen LogP contribution in [0, 0.1) is 13.8 Å². The highest BCUT2D eigenvalue weighted by atomic mass is 32.2. The summed E-state index contributed by atoms with van der Waals surface area (Å²) in [5.41, 5.74) is 9.52. The number of aromatic nitrogens is 1. The van der Waals surface area contributed by atoms with Gasteiger partial charge in [0.15, 0.2) is 0 Å². The lowest BCUT2D eigenvalue weighted by atomic mass is 10.1. The molecule has 0 radical (unpaired) electrons. The Hall–Kier alpha value is -0.810. The lowest BCUT2D eigenvalue weighted by Crippen LogP contribution is -2.23. The first-order chi connectivity index (χ1) is 8.45. The van der Waals surface area contributed by atoms with Gasteiger partial charge in [0, 0.05) is 28.9 Å². The van der Waals surface area contributed by atoms with Crippen molar-refractivity contribution in [1.82, 2.24) is 4.98 Å². The van der Waals surface area contributed by atoms with E-state index in [4.69, 9.17) is 18.0 Å². The summed E-state index contributed by atoms with van der Waals surface area (Å²) in [4.78, 5) is 4.81. The molecule has 0 aliphatic heterocycles. The van der Waals surface area contributed by atoms with Gasteiger partial charge in [-0.1, -0.05) is 19.1 Å². The van der Waals surface area contributed by atoms with Crippen LogP contribution in [0.3, 0.4) is 0 Å². The van der Waals surface area contributed by atoms with Crippen molar-refractivity contribution in [1.29, 1.82) is 0 Å². The Morgan fingerprint density at radius 1 is 1.56 bits per heavy atom. The predicted octanol–water partition coefficient (Wildman–Crippen LogP) is 2.89. The van der Waals surface area contributed by atoms with Gasteiger partial charge in [-0.2, -0.15) is 11.8 Å². The summed E-state index contributed by atoms with van der Waals surface area (Å²) in [7, 11) is 0. The third-order valence-corrected chi connectivity index (χ3v) is 3.90. The van der Waals surface area contributed by atoms with Crippen LogP contribution < -0.4 is 11.1 Å². The summed E-state index contributed by atoms with van der Waals surface area (Å²) in [5.74, 6) is 2.19. The van der Waals surface area contributed by atoms with Gasteiger partial charge in [-0.3, -0.25) is 4.98 Å². The lowest BCUT2D eigenvalue weighted by Gasteiger charge is -2.19. The molecule has 3 nitrogen and oxygen atoms in total. The molecule has 0 aromatic carbocycles. The summed E-state index contributed by atoms with van der Waals surface area (Å²) in [5, 5.41) is 3.48. The summed E-state index contributed by atoms with van der Waals surface area (Å²) < 4.78 is 0. The molecule has 100 valence electrons. The van der Waals surface area contributed by atoms with E-state index >= 15 is 0 Å². The van der Waals surface area contributed by atoms with Crippen LogP contribution in [0.2, 0.25) is 0 Å². The molecule has 0 fully saturated rings. The van der Waals surface area contributed by atoms with Crippen LogP contribution >= 0.6 is 24.0 Å². The number of hydrogen-bond donors (Lipinski definition) is 2. The number of thiocarbonyl (C=S) groups is 1. The number of nitrogens with zero attached hydrogens (tertiary/aromatic N) is 1. The van der Waals surface area contributed by atoms with Crippen LogP contribution in [0.15, 0.2) is 6.07 Å². The van der Waals surface area contributed by atoms with Crippen LogP contribution in [0.4, 0.5) is 5.69 Å². The topological polar surface area (TPSA) is 50.9 Å². The zero-order valence-corrected chi connectivity index (χ0v) is 13.0. The maximum atomic E-state index is 5.79. The molecule has 0 saturated carbocycles. The fourth-order valence-electron chi connectivity index (χ4n) is 1.86. The van der Waals surface area contributed by atoms with E-state index < -0.39 is 0 Å². The van der Waals surface area contributed by atoms with Crippen molar-refractivity contribution in [2.45, 2.75) is 33.7 Å². The molecule has 1 atom stereocenters. The number of nitrogens with two attached hydrogens (primary N) is 1. The van der Waals surface area contributed by atoms with Gasteiger partial charge in [0.25, 0.3) is 0 Å². The molecular formula is C13H21N3S2. The Bertz CT molecular complexity index is 432. The third-order valence-electron chi connectivity index (χ3n) is 2.55. The van der Waals surface area contributed by atoms with Crippen LogP contribution in [0.1, 0.15) is 30.8 Å². The van der Waals surface area contributed by atoms with Gasteiger partial charge in [-0.25, -0.2) is 0 Å². The minimum Gasteiger partial charge on any atom is -0.389 e. The molecule has 0 saturated heterocycles. The molecular weight excluding hydrogens is 262 g/mol. The van der Waals surface area contributed by atoms with E-state index in [9.17, 15) is 0 Å². The molecule has 18 heavy (non-hydrogen) atoms. The van der Waals surface area contributed by atoms with Crippen molar-refractivity contribution in [2.24, 2.45) is 5.73 Å². The fraction of sp³-hybridized carbons (Fsp3) is 0.538. The highest BCUT2D eigenvalue weighted by Gasteiger charge is 2.12. The van der Waals surface area contributed by atoms with Crippen LogP contribution in [-0.2, 0) is 0 Å². The number of aryl methyl sites for hydroxylation is 2. The summed E-state index contributed by atoms with van der Waals surface area (Å²) >= 11 is 7.03. The van der Waals surface area contributed by atoms with Gasteiger partial charge in [-0.05, 0) is 32.6 Å².